The lowest BCUT2D eigenvalue weighted by molar-refractivity contribution is -0.387. The summed E-state index contributed by atoms with van der Waals surface area (Å²) in [7, 11) is -3.88. The summed E-state index contributed by atoms with van der Waals surface area (Å²) in [6.07, 6.45) is 0.742. The number of nitrogens with zero attached hydrogens (tertiary/aromatic N) is 1. The number of benzene rings is 1. The quantitative estimate of drug-likeness (QED) is 0.651. The maximum Gasteiger partial charge on any atom is 0.289 e. The Kier molecular flexibility index (Phi) is 4.49. The molecule has 0 spiro atoms. The van der Waals surface area contributed by atoms with Crippen LogP contribution in [-0.4, -0.2) is 30.9 Å². The Labute approximate surface area is 123 Å². The van der Waals surface area contributed by atoms with Crippen LogP contribution in [0.5, 0.6) is 0 Å². The van der Waals surface area contributed by atoms with E-state index in [-0.39, 0.29) is 10.9 Å². The molecule has 1 aliphatic heterocycles. The zero-order valence-corrected chi connectivity index (χ0v) is 12.9. The van der Waals surface area contributed by atoms with Gasteiger partial charge >= 0.3 is 0 Å². The second kappa shape index (κ2) is 5.78. The van der Waals surface area contributed by atoms with Crippen LogP contribution >= 0.6 is 27.7 Å². The molecule has 9 heteroatoms. The van der Waals surface area contributed by atoms with E-state index in [1.807, 2.05) is 0 Å². The van der Waals surface area contributed by atoms with Gasteiger partial charge in [-0.15, -0.1) is 0 Å². The molecule has 0 aliphatic carbocycles. The topological polar surface area (TPSA) is 89.3 Å². The van der Waals surface area contributed by atoms with Crippen LogP contribution in [0.3, 0.4) is 0 Å². The molecule has 19 heavy (non-hydrogen) atoms. The van der Waals surface area contributed by atoms with Crippen molar-refractivity contribution in [3.05, 3.63) is 32.8 Å². The summed E-state index contributed by atoms with van der Waals surface area (Å²) in [5.41, 5.74) is -0.415. The first-order chi connectivity index (χ1) is 8.90. The molecule has 1 aromatic rings. The standard InChI is InChI=1S/C10H11BrN2O4S2/c11-7-1-2-9(13(14)15)10(5-7)19(16,17)12-8-3-4-18-6-8/h1-2,5,8,12H,3-4,6H2. The molecule has 104 valence electrons. The Morgan fingerprint density at radius 1 is 1.47 bits per heavy atom. The summed E-state index contributed by atoms with van der Waals surface area (Å²) in [4.78, 5) is 9.92. The van der Waals surface area contributed by atoms with Crippen molar-refractivity contribution in [2.24, 2.45) is 0 Å². The van der Waals surface area contributed by atoms with Gasteiger partial charge in [0.15, 0.2) is 4.90 Å². The lowest BCUT2D eigenvalue weighted by Gasteiger charge is -2.12. The molecule has 1 unspecified atom stereocenters. The van der Waals surface area contributed by atoms with Gasteiger partial charge in [0.2, 0.25) is 10.0 Å². The first-order valence-electron chi connectivity index (χ1n) is 5.44. The third-order valence-electron chi connectivity index (χ3n) is 2.66. The van der Waals surface area contributed by atoms with Gasteiger partial charge in [-0.2, -0.15) is 11.8 Å². The highest BCUT2D eigenvalue weighted by molar-refractivity contribution is 9.10. The van der Waals surface area contributed by atoms with Crippen LogP contribution in [0.4, 0.5) is 5.69 Å². The predicted octanol–water partition coefficient (Wildman–Crippen LogP) is 2.14. The second-order valence-electron chi connectivity index (χ2n) is 4.05. The van der Waals surface area contributed by atoms with Crippen LogP contribution in [0.2, 0.25) is 0 Å². The van der Waals surface area contributed by atoms with E-state index in [2.05, 4.69) is 20.7 Å². The predicted molar refractivity (Wildman–Crippen MR) is 76.8 cm³/mol. The molecular weight excluding hydrogens is 356 g/mol. The summed E-state index contributed by atoms with van der Waals surface area (Å²) in [5, 5.41) is 10.9. The van der Waals surface area contributed by atoms with Crippen molar-refractivity contribution in [2.75, 3.05) is 11.5 Å². The Hall–Kier alpha value is -0.640. The molecule has 1 N–H and O–H groups in total. The normalized spacial score (nSPS) is 19.5. The molecule has 2 rings (SSSR count). The number of hydrogen-bond donors (Lipinski definition) is 1. The SMILES string of the molecule is O=[N+]([O-])c1ccc(Br)cc1S(=O)(=O)NC1CCSC1. The molecule has 0 bridgehead atoms. The maximum absolute atomic E-state index is 12.2. The van der Waals surface area contributed by atoms with Gasteiger partial charge < -0.3 is 0 Å². The fourth-order valence-electron chi connectivity index (χ4n) is 1.76. The number of nitrogens with one attached hydrogen (secondary N) is 1. The van der Waals surface area contributed by atoms with Crippen molar-refractivity contribution in [1.82, 2.24) is 4.72 Å². The van der Waals surface area contributed by atoms with Gasteiger partial charge in [0.05, 0.1) is 4.92 Å². The molecule has 1 fully saturated rings. The molecule has 1 aliphatic rings. The third kappa shape index (κ3) is 3.47. The lowest BCUT2D eigenvalue weighted by atomic mass is 10.3. The van der Waals surface area contributed by atoms with Gasteiger partial charge in [0.1, 0.15) is 0 Å². The monoisotopic (exact) mass is 366 g/mol. The fraction of sp³-hybridized carbons (Fsp3) is 0.400. The van der Waals surface area contributed by atoms with E-state index in [4.69, 9.17) is 0 Å². The molecule has 1 atom stereocenters. The minimum absolute atomic E-state index is 0.159. The summed E-state index contributed by atoms with van der Waals surface area (Å²) >= 11 is 4.79. The van der Waals surface area contributed by atoms with Gasteiger partial charge in [-0.3, -0.25) is 10.1 Å². The van der Waals surface area contributed by atoms with Crippen molar-refractivity contribution in [2.45, 2.75) is 17.4 Å². The fourth-order valence-corrected chi connectivity index (χ4v) is 5.00. The summed E-state index contributed by atoms with van der Waals surface area (Å²) < 4.78 is 27.4. The Morgan fingerprint density at radius 2 is 2.21 bits per heavy atom. The average Bonchev–Trinajstić information content (AvgIpc) is 2.80. The largest absolute Gasteiger partial charge is 0.289 e. The minimum Gasteiger partial charge on any atom is -0.258 e. The van der Waals surface area contributed by atoms with E-state index in [1.54, 1.807) is 11.8 Å². The van der Waals surface area contributed by atoms with Gasteiger partial charge in [-0.1, -0.05) is 15.9 Å². The van der Waals surface area contributed by atoms with Crippen molar-refractivity contribution in [3.8, 4) is 0 Å². The molecule has 0 radical (unpaired) electrons. The summed E-state index contributed by atoms with van der Waals surface area (Å²) in [6.45, 7) is 0. The first kappa shape index (κ1) is 14.8. The number of nitro groups is 1. The highest BCUT2D eigenvalue weighted by atomic mass is 79.9. The van der Waals surface area contributed by atoms with Crippen molar-refractivity contribution >= 4 is 43.4 Å². The second-order valence-corrected chi connectivity index (χ2v) is 7.80. The van der Waals surface area contributed by atoms with Gasteiger partial charge in [0, 0.05) is 22.3 Å². The zero-order valence-electron chi connectivity index (χ0n) is 9.71. The maximum atomic E-state index is 12.2. The number of nitro benzene ring substituents is 1. The summed E-state index contributed by atoms with van der Waals surface area (Å²) in [5.74, 6) is 1.59. The van der Waals surface area contributed by atoms with E-state index in [9.17, 15) is 18.5 Å². The average molecular weight is 367 g/mol. The number of sulfonamides is 1. The van der Waals surface area contributed by atoms with Gasteiger partial charge in [-0.05, 0) is 24.3 Å². The summed E-state index contributed by atoms with van der Waals surface area (Å²) in [6, 6.07) is 3.72. The van der Waals surface area contributed by atoms with E-state index >= 15 is 0 Å². The Morgan fingerprint density at radius 3 is 2.79 bits per heavy atom. The van der Waals surface area contributed by atoms with Crippen molar-refractivity contribution in [3.63, 3.8) is 0 Å². The smallest absolute Gasteiger partial charge is 0.258 e. The van der Waals surface area contributed by atoms with Crippen LogP contribution in [0, 0.1) is 10.1 Å². The number of halogens is 1. The Balaban J connectivity index is 2.38. The van der Waals surface area contributed by atoms with Gasteiger partial charge in [0.25, 0.3) is 5.69 Å². The third-order valence-corrected chi connectivity index (χ3v) is 5.86. The molecule has 0 amide bonds. The van der Waals surface area contributed by atoms with Crippen LogP contribution < -0.4 is 4.72 Å². The van der Waals surface area contributed by atoms with Crippen LogP contribution in [0.1, 0.15) is 6.42 Å². The number of rotatable bonds is 4. The van der Waals surface area contributed by atoms with Crippen molar-refractivity contribution < 1.29 is 13.3 Å². The number of hydrogen-bond acceptors (Lipinski definition) is 5. The molecule has 1 aromatic carbocycles. The molecule has 1 saturated heterocycles. The van der Waals surface area contributed by atoms with Crippen LogP contribution in [0.25, 0.3) is 0 Å². The zero-order chi connectivity index (χ0) is 14.0. The van der Waals surface area contributed by atoms with Gasteiger partial charge in [-0.25, -0.2) is 13.1 Å². The minimum atomic E-state index is -3.88. The lowest BCUT2D eigenvalue weighted by Crippen LogP contribution is -2.34. The van der Waals surface area contributed by atoms with E-state index in [1.165, 1.54) is 18.2 Å². The molecule has 1 heterocycles. The van der Waals surface area contributed by atoms with Crippen LogP contribution in [-0.2, 0) is 10.0 Å². The van der Waals surface area contributed by atoms with Crippen molar-refractivity contribution in [1.29, 1.82) is 0 Å². The van der Waals surface area contributed by atoms with Crippen LogP contribution in [0.15, 0.2) is 27.6 Å². The highest BCUT2D eigenvalue weighted by Gasteiger charge is 2.29. The first-order valence-corrected chi connectivity index (χ1v) is 8.87. The number of thioether (sulfide) groups is 1. The van der Waals surface area contributed by atoms with E-state index < -0.39 is 20.6 Å². The molecule has 6 nitrogen and oxygen atoms in total. The van der Waals surface area contributed by atoms with E-state index in [0.29, 0.717) is 10.2 Å². The molecule has 0 saturated carbocycles. The van der Waals surface area contributed by atoms with E-state index in [0.717, 1.165) is 12.2 Å². The Bertz CT molecular complexity index is 600. The molecule has 0 aromatic heterocycles. The highest BCUT2D eigenvalue weighted by Crippen LogP contribution is 2.28. The molecular formula is C10H11BrN2O4S2.